The van der Waals surface area contributed by atoms with Crippen LogP contribution in [-0.4, -0.2) is 35.5 Å². The summed E-state index contributed by atoms with van der Waals surface area (Å²) in [6, 6.07) is 14.8. The third-order valence-corrected chi connectivity index (χ3v) is 7.87. The van der Waals surface area contributed by atoms with Crippen LogP contribution in [0.15, 0.2) is 71.6 Å². The number of rotatable bonds is 10. The largest absolute Gasteiger partial charge is 0.326 e. The van der Waals surface area contributed by atoms with Crippen LogP contribution in [0.2, 0.25) is 10.0 Å². The summed E-state index contributed by atoms with van der Waals surface area (Å²) in [7, 11) is -7.56. The second-order valence-electron chi connectivity index (χ2n) is 7.75. The van der Waals surface area contributed by atoms with Gasteiger partial charge in [-0.05, 0) is 73.2 Å². The SMILES string of the molecule is CS(=O)(=O)N(CCCC(=O)Nc1ccc(S(=O)(=O)Nc2cc(Cl)cc(Cl)c2)cc1)c1ccc(F)cc1. The van der Waals surface area contributed by atoms with E-state index >= 15 is 0 Å². The van der Waals surface area contributed by atoms with E-state index < -0.39 is 25.9 Å². The molecule has 0 heterocycles. The monoisotopic (exact) mass is 573 g/mol. The molecule has 0 spiro atoms. The summed E-state index contributed by atoms with van der Waals surface area (Å²) in [4.78, 5) is 12.3. The van der Waals surface area contributed by atoms with Gasteiger partial charge in [0.1, 0.15) is 5.82 Å². The maximum absolute atomic E-state index is 13.2. The topological polar surface area (TPSA) is 113 Å². The van der Waals surface area contributed by atoms with E-state index in [4.69, 9.17) is 23.2 Å². The molecule has 0 aliphatic rings. The van der Waals surface area contributed by atoms with E-state index in [0.29, 0.717) is 11.4 Å². The van der Waals surface area contributed by atoms with Gasteiger partial charge in [0.15, 0.2) is 0 Å². The number of halogens is 3. The highest BCUT2D eigenvalue weighted by Gasteiger charge is 2.18. The number of sulfonamides is 2. The van der Waals surface area contributed by atoms with Crippen LogP contribution in [0.3, 0.4) is 0 Å². The van der Waals surface area contributed by atoms with Gasteiger partial charge in [0.2, 0.25) is 15.9 Å². The molecule has 1 amide bonds. The van der Waals surface area contributed by atoms with E-state index in [1.165, 1.54) is 54.6 Å². The molecular formula is C23H22Cl2FN3O5S2. The Kier molecular flexibility index (Phi) is 8.83. The second kappa shape index (κ2) is 11.5. The highest BCUT2D eigenvalue weighted by Crippen LogP contribution is 2.25. The Morgan fingerprint density at radius 1 is 0.889 bits per heavy atom. The van der Waals surface area contributed by atoms with Crippen LogP contribution < -0.4 is 14.3 Å². The fraction of sp³-hybridized carbons (Fsp3) is 0.174. The van der Waals surface area contributed by atoms with Crippen LogP contribution in [0, 0.1) is 5.82 Å². The molecule has 3 aromatic rings. The lowest BCUT2D eigenvalue weighted by Gasteiger charge is -2.22. The van der Waals surface area contributed by atoms with Crippen molar-refractivity contribution in [3.63, 3.8) is 0 Å². The molecule has 0 saturated heterocycles. The minimum atomic E-state index is -3.92. The Morgan fingerprint density at radius 2 is 1.47 bits per heavy atom. The molecule has 0 aliphatic carbocycles. The minimum absolute atomic E-state index is 0.00431. The summed E-state index contributed by atoms with van der Waals surface area (Å²) in [6.07, 6.45) is 1.24. The second-order valence-corrected chi connectivity index (χ2v) is 12.2. The lowest BCUT2D eigenvalue weighted by molar-refractivity contribution is -0.116. The number of amides is 1. The van der Waals surface area contributed by atoms with Gasteiger partial charge < -0.3 is 5.32 Å². The van der Waals surface area contributed by atoms with Gasteiger partial charge in [0, 0.05) is 28.7 Å². The number of carbonyl (C=O) groups is 1. The third-order valence-electron chi connectivity index (χ3n) is 4.84. The predicted molar refractivity (Wildman–Crippen MR) is 140 cm³/mol. The molecule has 2 N–H and O–H groups in total. The first-order valence-electron chi connectivity index (χ1n) is 10.5. The molecule has 0 bridgehead atoms. The van der Waals surface area contributed by atoms with Gasteiger partial charge in [0.25, 0.3) is 10.0 Å². The van der Waals surface area contributed by atoms with Gasteiger partial charge >= 0.3 is 0 Å². The lowest BCUT2D eigenvalue weighted by atomic mass is 10.2. The average Bonchev–Trinajstić information content (AvgIpc) is 2.76. The highest BCUT2D eigenvalue weighted by molar-refractivity contribution is 7.92. The summed E-state index contributed by atoms with van der Waals surface area (Å²) >= 11 is 11.8. The zero-order valence-electron chi connectivity index (χ0n) is 18.9. The summed E-state index contributed by atoms with van der Waals surface area (Å²) < 4.78 is 66.1. The molecule has 192 valence electrons. The summed E-state index contributed by atoms with van der Waals surface area (Å²) in [5.74, 6) is -0.875. The normalized spacial score (nSPS) is 11.7. The van der Waals surface area contributed by atoms with E-state index in [9.17, 15) is 26.0 Å². The molecule has 0 aromatic heterocycles. The van der Waals surface area contributed by atoms with Gasteiger partial charge in [-0.2, -0.15) is 0 Å². The van der Waals surface area contributed by atoms with Crippen molar-refractivity contribution in [3.05, 3.63) is 82.6 Å². The highest BCUT2D eigenvalue weighted by atomic mass is 35.5. The number of hydrogen-bond acceptors (Lipinski definition) is 5. The number of hydrogen-bond donors (Lipinski definition) is 2. The van der Waals surface area contributed by atoms with Crippen LogP contribution in [0.25, 0.3) is 0 Å². The van der Waals surface area contributed by atoms with Crippen LogP contribution in [-0.2, 0) is 24.8 Å². The molecular weight excluding hydrogens is 552 g/mol. The van der Waals surface area contributed by atoms with Crippen LogP contribution >= 0.6 is 23.2 Å². The van der Waals surface area contributed by atoms with Crippen LogP contribution in [0.1, 0.15) is 12.8 Å². The van der Waals surface area contributed by atoms with E-state index in [1.807, 2.05) is 0 Å². The smallest absolute Gasteiger partial charge is 0.261 e. The fourth-order valence-electron chi connectivity index (χ4n) is 3.24. The fourth-order valence-corrected chi connectivity index (χ4v) is 5.78. The van der Waals surface area contributed by atoms with Crippen molar-refractivity contribution in [2.45, 2.75) is 17.7 Å². The summed E-state index contributed by atoms with van der Waals surface area (Å²) in [5.41, 5.74) is 0.863. The predicted octanol–water partition coefficient (Wildman–Crippen LogP) is 5.12. The maximum Gasteiger partial charge on any atom is 0.261 e. The molecule has 0 fully saturated rings. The minimum Gasteiger partial charge on any atom is -0.326 e. The average molecular weight is 574 g/mol. The standard InChI is InChI=1S/C23H22Cl2FN3O5S2/c1-35(31,32)29(21-8-4-18(26)5-9-21)12-2-3-23(30)27-19-6-10-22(11-7-19)36(33,34)28-20-14-16(24)13-17(25)15-20/h4-11,13-15,28H,2-3,12H2,1H3,(H,27,30). The first kappa shape index (κ1) is 27.7. The van der Waals surface area contributed by atoms with E-state index in [0.717, 1.165) is 22.7 Å². The zero-order valence-corrected chi connectivity index (χ0v) is 22.1. The van der Waals surface area contributed by atoms with Crippen molar-refractivity contribution in [2.24, 2.45) is 0 Å². The quantitative estimate of drug-likeness (QED) is 0.349. The van der Waals surface area contributed by atoms with Gasteiger partial charge in [-0.25, -0.2) is 21.2 Å². The molecule has 8 nitrogen and oxygen atoms in total. The van der Waals surface area contributed by atoms with Crippen molar-refractivity contribution < 1.29 is 26.0 Å². The van der Waals surface area contributed by atoms with E-state index in [1.54, 1.807) is 0 Å². The first-order valence-corrected chi connectivity index (χ1v) is 14.5. The molecule has 0 saturated carbocycles. The Balaban J connectivity index is 1.58. The van der Waals surface area contributed by atoms with Crippen molar-refractivity contribution >= 4 is 66.2 Å². The zero-order chi connectivity index (χ0) is 26.5. The molecule has 0 radical (unpaired) electrons. The molecule has 3 aromatic carbocycles. The number of carbonyl (C=O) groups excluding carboxylic acids is 1. The molecule has 0 atom stereocenters. The Morgan fingerprint density at radius 3 is 2.03 bits per heavy atom. The molecule has 13 heteroatoms. The molecule has 3 rings (SSSR count). The molecule has 36 heavy (non-hydrogen) atoms. The lowest BCUT2D eigenvalue weighted by Crippen LogP contribution is -2.31. The van der Waals surface area contributed by atoms with Crippen LogP contribution in [0.4, 0.5) is 21.5 Å². The maximum atomic E-state index is 13.2. The Hall–Kier alpha value is -2.86. The number of nitrogens with one attached hydrogen (secondary N) is 2. The van der Waals surface area contributed by atoms with Crippen molar-refractivity contribution in [3.8, 4) is 0 Å². The first-order chi connectivity index (χ1) is 16.8. The molecule has 0 aliphatic heterocycles. The van der Waals surface area contributed by atoms with Crippen molar-refractivity contribution in [1.29, 1.82) is 0 Å². The summed E-state index contributed by atoms with van der Waals surface area (Å²) in [5, 5.41) is 3.19. The van der Waals surface area contributed by atoms with Gasteiger partial charge in [0.05, 0.1) is 22.5 Å². The van der Waals surface area contributed by atoms with Crippen LogP contribution in [0.5, 0.6) is 0 Å². The third kappa shape index (κ3) is 7.82. The van der Waals surface area contributed by atoms with Gasteiger partial charge in [-0.1, -0.05) is 23.2 Å². The van der Waals surface area contributed by atoms with Gasteiger partial charge in [-0.15, -0.1) is 0 Å². The number of benzene rings is 3. The number of anilines is 3. The number of nitrogens with zero attached hydrogens (tertiary/aromatic N) is 1. The van der Waals surface area contributed by atoms with Crippen molar-refractivity contribution in [2.75, 3.05) is 27.1 Å². The van der Waals surface area contributed by atoms with Crippen molar-refractivity contribution in [1.82, 2.24) is 0 Å². The van der Waals surface area contributed by atoms with E-state index in [-0.39, 0.29) is 45.9 Å². The Labute approximate surface area is 219 Å². The van der Waals surface area contributed by atoms with Gasteiger partial charge in [-0.3, -0.25) is 13.8 Å². The van der Waals surface area contributed by atoms with E-state index in [2.05, 4.69) is 10.0 Å². The summed E-state index contributed by atoms with van der Waals surface area (Å²) in [6.45, 7) is 0.0221. The molecule has 0 unspecified atom stereocenters. The Bertz CT molecular complexity index is 1430.